The SMILES string of the molecule is NC1CCc2nc3ccccc3c(=O)n2C1=O. The molecule has 1 atom stereocenters. The molecule has 1 aliphatic rings. The summed E-state index contributed by atoms with van der Waals surface area (Å²) in [6, 6.07) is 6.43. The van der Waals surface area contributed by atoms with Crippen molar-refractivity contribution in [1.29, 1.82) is 0 Å². The van der Waals surface area contributed by atoms with E-state index in [2.05, 4.69) is 4.98 Å². The molecule has 2 heterocycles. The molecule has 2 N–H and O–H groups in total. The Morgan fingerprint density at radius 1 is 1.29 bits per heavy atom. The molecule has 3 rings (SSSR count). The van der Waals surface area contributed by atoms with Crippen molar-refractivity contribution < 1.29 is 4.79 Å². The van der Waals surface area contributed by atoms with Crippen LogP contribution in [-0.2, 0) is 6.42 Å². The summed E-state index contributed by atoms with van der Waals surface area (Å²) in [7, 11) is 0. The second-order valence-electron chi connectivity index (χ2n) is 4.17. The Balaban J connectivity index is 2.41. The fourth-order valence-electron chi connectivity index (χ4n) is 2.15. The lowest BCUT2D eigenvalue weighted by molar-refractivity contribution is 0.0849. The summed E-state index contributed by atoms with van der Waals surface area (Å²) in [5.41, 5.74) is 5.99. The van der Waals surface area contributed by atoms with Gasteiger partial charge in [0, 0.05) is 6.42 Å². The van der Waals surface area contributed by atoms with Crippen LogP contribution in [0.5, 0.6) is 0 Å². The monoisotopic (exact) mass is 229 g/mol. The molecule has 2 aromatic rings. The van der Waals surface area contributed by atoms with Gasteiger partial charge in [0.1, 0.15) is 5.82 Å². The van der Waals surface area contributed by atoms with Gasteiger partial charge in [-0.05, 0) is 18.6 Å². The molecule has 1 aromatic heterocycles. The highest BCUT2D eigenvalue weighted by Crippen LogP contribution is 2.14. The molecule has 1 aromatic carbocycles. The first-order chi connectivity index (χ1) is 8.18. The summed E-state index contributed by atoms with van der Waals surface area (Å²) in [4.78, 5) is 28.4. The molecule has 0 radical (unpaired) electrons. The van der Waals surface area contributed by atoms with Crippen LogP contribution >= 0.6 is 0 Å². The van der Waals surface area contributed by atoms with E-state index in [1.807, 2.05) is 6.07 Å². The van der Waals surface area contributed by atoms with Crippen molar-refractivity contribution in [2.75, 3.05) is 0 Å². The van der Waals surface area contributed by atoms with Gasteiger partial charge in [0.2, 0.25) is 0 Å². The quantitative estimate of drug-likeness (QED) is 0.705. The van der Waals surface area contributed by atoms with Crippen molar-refractivity contribution in [3.63, 3.8) is 0 Å². The smallest absolute Gasteiger partial charge is 0.268 e. The highest BCUT2D eigenvalue weighted by atomic mass is 16.2. The number of hydrogen-bond acceptors (Lipinski definition) is 4. The summed E-state index contributed by atoms with van der Waals surface area (Å²) in [5, 5.41) is 0.457. The highest BCUT2D eigenvalue weighted by molar-refractivity contribution is 5.88. The molecule has 0 bridgehead atoms. The number of aromatic nitrogens is 2. The molecule has 5 nitrogen and oxygen atoms in total. The predicted molar refractivity (Wildman–Crippen MR) is 62.9 cm³/mol. The second kappa shape index (κ2) is 3.49. The minimum absolute atomic E-state index is 0.314. The predicted octanol–water partition coefficient (Wildman–Crippen LogP) is 0.310. The van der Waals surface area contributed by atoms with E-state index in [1.165, 1.54) is 0 Å². The fraction of sp³-hybridized carbons (Fsp3) is 0.250. The Labute approximate surface area is 96.9 Å². The van der Waals surface area contributed by atoms with E-state index in [-0.39, 0.29) is 11.5 Å². The van der Waals surface area contributed by atoms with Gasteiger partial charge in [0.05, 0.1) is 16.9 Å². The van der Waals surface area contributed by atoms with E-state index < -0.39 is 6.04 Å². The number of carbonyl (C=O) groups is 1. The average Bonchev–Trinajstić information content (AvgIpc) is 2.34. The van der Waals surface area contributed by atoms with Crippen molar-refractivity contribution in [3.8, 4) is 0 Å². The van der Waals surface area contributed by atoms with Crippen LogP contribution in [-0.4, -0.2) is 21.5 Å². The third-order valence-electron chi connectivity index (χ3n) is 3.06. The van der Waals surface area contributed by atoms with Gasteiger partial charge in [0.15, 0.2) is 0 Å². The first kappa shape index (κ1) is 10.2. The number of aryl methyl sites for hydroxylation is 1. The molecule has 17 heavy (non-hydrogen) atoms. The summed E-state index contributed by atoms with van der Waals surface area (Å²) >= 11 is 0. The molecular formula is C12H11N3O2. The zero-order valence-electron chi connectivity index (χ0n) is 9.09. The van der Waals surface area contributed by atoms with Gasteiger partial charge in [-0.25, -0.2) is 9.55 Å². The number of nitrogens with zero attached hydrogens (tertiary/aromatic N) is 2. The zero-order valence-corrected chi connectivity index (χ0v) is 9.09. The molecule has 1 aliphatic heterocycles. The van der Waals surface area contributed by atoms with Crippen molar-refractivity contribution in [2.24, 2.45) is 5.73 Å². The molecule has 86 valence electrons. The lowest BCUT2D eigenvalue weighted by atomic mass is 10.1. The maximum atomic E-state index is 12.2. The normalized spacial score (nSPS) is 19.4. The van der Waals surface area contributed by atoms with Crippen LogP contribution in [0.1, 0.15) is 17.0 Å². The van der Waals surface area contributed by atoms with Crippen molar-refractivity contribution in [1.82, 2.24) is 9.55 Å². The summed E-state index contributed by atoms with van der Waals surface area (Å²) in [6.07, 6.45) is 1.11. The first-order valence-electron chi connectivity index (χ1n) is 5.49. The second-order valence-corrected chi connectivity index (χ2v) is 4.17. The van der Waals surface area contributed by atoms with Crippen LogP contribution in [0.2, 0.25) is 0 Å². The van der Waals surface area contributed by atoms with Crippen LogP contribution in [0.3, 0.4) is 0 Å². The molecule has 0 saturated heterocycles. The van der Waals surface area contributed by atoms with Gasteiger partial charge < -0.3 is 5.73 Å². The maximum absolute atomic E-state index is 12.2. The third-order valence-corrected chi connectivity index (χ3v) is 3.06. The van der Waals surface area contributed by atoms with Crippen LogP contribution < -0.4 is 11.3 Å². The molecule has 0 spiro atoms. The highest BCUT2D eigenvalue weighted by Gasteiger charge is 2.26. The number of benzene rings is 1. The Kier molecular flexibility index (Phi) is 2.09. The fourth-order valence-corrected chi connectivity index (χ4v) is 2.15. The third kappa shape index (κ3) is 1.39. The molecule has 1 unspecified atom stereocenters. The zero-order chi connectivity index (χ0) is 12.0. The van der Waals surface area contributed by atoms with Crippen LogP contribution in [0.25, 0.3) is 10.9 Å². The molecule has 0 saturated carbocycles. The van der Waals surface area contributed by atoms with Crippen molar-refractivity contribution in [2.45, 2.75) is 18.9 Å². The number of para-hydroxylation sites is 1. The summed E-state index contributed by atoms with van der Waals surface area (Å²) in [5.74, 6) is 0.162. The van der Waals surface area contributed by atoms with E-state index >= 15 is 0 Å². The Bertz CT molecular complexity index is 675. The van der Waals surface area contributed by atoms with Gasteiger partial charge in [-0.2, -0.15) is 0 Å². The van der Waals surface area contributed by atoms with Gasteiger partial charge in [-0.3, -0.25) is 9.59 Å². The molecule has 0 aliphatic carbocycles. The van der Waals surface area contributed by atoms with Gasteiger partial charge >= 0.3 is 0 Å². The lowest BCUT2D eigenvalue weighted by Crippen LogP contribution is -2.45. The van der Waals surface area contributed by atoms with E-state index in [0.29, 0.717) is 29.6 Å². The van der Waals surface area contributed by atoms with Crippen molar-refractivity contribution in [3.05, 3.63) is 40.4 Å². The maximum Gasteiger partial charge on any atom is 0.268 e. The van der Waals surface area contributed by atoms with Gasteiger partial charge in [-0.1, -0.05) is 12.1 Å². The minimum Gasteiger partial charge on any atom is -0.320 e. The number of fused-ring (bicyclic) bond motifs is 2. The number of hydrogen-bond donors (Lipinski definition) is 1. The molecule has 0 amide bonds. The van der Waals surface area contributed by atoms with E-state index in [1.54, 1.807) is 18.2 Å². The number of rotatable bonds is 0. The van der Waals surface area contributed by atoms with Crippen LogP contribution in [0.4, 0.5) is 0 Å². The van der Waals surface area contributed by atoms with E-state index in [4.69, 9.17) is 5.73 Å². The number of carbonyl (C=O) groups excluding carboxylic acids is 1. The van der Waals surface area contributed by atoms with Crippen LogP contribution in [0, 0.1) is 0 Å². The van der Waals surface area contributed by atoms with Crippen LogP contribution in [0.15, 0.2) is 29.1 Å². The Hall–Kier alpha value is -2.01. The topological polar surface area (TPSA) is 78.0 Å². The summed E-state index contributed by atoms with van der Waals surface area (Å²) in [6.45, 7) is 0. The van der Waals surface area contributed by atoms with E-state index in [9.17, 15) is 9.59 Å². The summed E-state index contributed by atoms with van der Waals surface area (Å²) < 4.78 is 1.12. The van der Waals surface area contributed by atoms with Crippen molar-refractivity contribution >= 4 is 16.8 Å². The largest absolute Gasteiger partial charge is 0.320 e. The Morgan fingerprint density at radius 3 is 2.88 bits per heavy atom. The molecule has 0 fully saturated rings. The Morgan fingerprint density at radius 2 is 2.06 bits per heavy atom. The van der Waals surface area contributed by atoms with Gasteiger partial charge in [-0.15, -0.1) is 0 Å². The molecular weight excluding hydrogens is 218 g/mol. The average molecular weight is 229 g/mol. The molecule has 5 heteroatoms. The first-order valence-corrected chi connectivity index (χ1v) is 5.49. The van der Waals surface area contributed by atoms with E-state index in [0.717, 1.165) is 4.57 Å². The standard InChI is InChI=1S/C12H11N3O2/c13-8-5-6-10-14-9-4-2-1-3-7(9)11(16)15(10)12(8)17/h1-4,8H,5-6,13H2. The van der Waals surface area contributed by atoms with Gasteiger partial charge in [0.25, 0.3) is 11.5 Å². The lowest BCUT2D eigenvalue weighted by Gasteiger charge is -2.21. The number of nitrogens with two attached hydrogens (primary N) is 1. The minimum atomic E-state index is -0.594.